The number of aromatic nitrogens is 3. The molecule has 0 unspecified atom stereocenters. The van der Waals surface area contributed by atoms with E-state index in [1.165, 1.54) is 11.8 Å². The third kappa shape index (κ3) is 5.23. The van der Waals surface area contributed by atoms with Crippen molar-refractivity contribution in [3.63, 3.8) is 0 Å². The third-order valence-electron chi connectivity index (χ3n) is 4.57. The van der Waals surface area contributed by atoms with Gasteiger partial charge in [-0.3, -0.25) is 14.3 Å². The summed E-state index contributed by atoms with van der Waals surface area (Å²) >= 11 is 1.39. The van der Waals surface area contributed by atoms with E-state index in [0.29, 0.717) is 11.7 Å². The summed E-state index contributed by atoms with van der Waals surface area (Å²) in [5.74, 6) is 1.06. The average molecular weight is 410 g/mol. The number of thioether (sulfide) groups is 1. The van der Waals surface area contributed by atoms with Crippen LogP contribution in [-0.4, -0.2) is 57.6 Å². The maximum atomic E-state index is 12.3. The molecule has 0 bridgehead atoms. The predicted molar refractivity (Wildman–Crippen MR) is 113 cm³/mol. The number of ether oxygens (including phenoxy) is 1. The number of rotatable bonds is 7. The second-order valence-electron chi connectivity index (χ2n) is 6.66. The van der Waals surface area contributed by atoms with Gasteiger partial charge in [0.15, 0.2) is 11.0 Å². The maximum absolute atomic E-state index is 12.3. The first-order chi connectivity index (χ1) is 14.3. The van der Waals surface area contributed by atoms with E-state index in [0.717, 1.165) is 43.5 Å². The second-order valence-corrected chi connectivity index (χ2v) is 7.60. The number of para-hydroxylation sites is 2. The molecule has 2 heterocycles. The number of morpholine rings is 1. The Bertz CT molecular complexity index is 927. The van der Waals surface area contributed by atoms with Crippen molar-refractivity contribution in [3.05, 3.63) is 66.5 Å². The Morgan fingerprint density at radius 1 is 1.00 bits per heavy atom. The lowest BCUT2D eigenvalue weighted by atomic mass is 10.3. The molecule has 0 saturated carbocycles. The molecule has 8 heteroatoms. The Balaban J connectivity index is 1.49. The van der Waals surface area contributed by atoms with Crippen molar-refractivity contribution in [3.8, 4) is 5.69 Å². The summed E-state index contributed by atoms with van der Waals surface area (Å²) in [4.78, 5) is 14.7. The number of hydrogen-bond acceptors (Lipinski definition) is 6. The van der Waals surface area contributed by atoms with Crippen LogP contribution in [0.4, 0.5) is 5.69 Å². The van der Waals surface area contributed by atoms with E-state index in [-0.39, 0.29) is 11.7 Å². The number of benzene rings is 2. The highest BCUT2D eigenvalue weighted by molar-refractivity contribution is 7.99. The largest absolute Gasteiger partial charge is 0.379 e. The number of amides is 1. The number of nitrogens with zero attached hydrogens (tertiary/aromatic N) is 4. The molecule has 3 aromatic rings. The topological polar surface area (TPSA) is 72.3 Å². The van der Waals surface area contributed by atoms with Crippen molar-refractivity contribution < 1.29 is 9.53 Å². The fourth-order valence-electron chi connectivity index (χ4n) is 3.14. The van der Waals surface area contributed by atoms with Crippen molar-refractivity contribution >= 4 is 23.4 Å². The van der Waals surface area contributed by atoms with Crippen molar-refractivity contribution in [2.45, 2.75) is 11.7 Å². The highest BCUT2D eigenvalue weighted by atomic mass is 32.2. The predicted octanol–water partition coefficient (Wildman–Crippen LogP) is 2.83. The molecule has 2 aromatic carbocycles. The fraction of sp³-hybridized carbons (Fsp3) is 0.286. The Hall–Kier alpha value is -2.68. The minimum Gasteiger partial charge on any atom is -0.379 e. The molecule has 29 heavy (non-hydrogen) atoms. The number of anilines is 1. The van der Waals surface area contributed by atoms with Gasteiger partial charge in [-0.05, 0) is 24.3 Å². The van der Waals surface area contributed by atoms with Gasteiger partial charge in [0.1, 0.15) is 0 Å². The van der Waals surface area contributed by atoms with E-state index in [2.05, 4.69) is 20.4 Å². The van der Waals surface area contributed by atoms with Crippen LogP contribution in [0.1, 0.15) is 5.82 Å². The molecular weight excluding hydrogens is 386 g/mol. The molecule has 1 saturated heterocycles. The summed E-state index contributed by atoms with van der Waals surface area (Å²) in [6.07, 6.45) is 0. The zero-order valence-electron chi connectivity index (χ0n) is 16.0. The van der Waals surface area contributed by atoms with E-state index in [9.17, 15) is 4.79 Å². The van der Waals surface area contributed by atoms with Crippen LogP contribution < -0.4 is 5.32 Å². The van der Waals surface area contributed by atoms with Gasteiger partial charge in [0.05, 0.1) is 25.5 Å². The van der Waals surface area contributed by atoms with E-state index >= 15 is 0 Å². The smallest absolute Gasteiger partial charge is 0.234 e. The minimum absolute atomic E-state index is 0.0708. The molecule has 1 aliphatic heterocycles. The molecule has 7 nitrogen and oxygen atoms in total. The zero-order chi connectivity index (χ0) is 19.9. The second kappa shape index (κ2) is 9.69. The summed E-state index contributed by atoms with van der Waals surface area (Å²) in [5.41, 5.74) is 1.78. The van der Waals surface area contributed by atoms with Crippen LogP contribution in [0.25, 0.3) is 5.69 Å². The Kier molecular flexibility index (Phi) is 6.56. The van der Waals surface area contributed by atoms with Crippen LogP contribution in [0.2, 0.25) is 0 Å². The lowest BCUT2D eigenvalue weighted by molar-refractivity contribution is -0.113. The first kappa shape index (κ1) is 19.6. The number of carbonyl (C=O) groups excluding carboxylic acids is 1. The summed E-state index contributed by atoms with van der Waals surface area (Å²) in [5, 5.41) is 12.4. The highest BCUT2D eigenvalue weighted by Gasteiger charge is 2.19. The molecule has 1 amide bonds. The van der Waals surface area contributed by atoms with Gasteiger partial charge in [-0.25, -0.2) is 0 Å². The maximum Gasteiger partial charge on any atom is 0.234 e. The van der Waals surface area contributed by atoms with Gasteiger partial charge in [-0.15, -0.1) is 10.2 Å². The van der Waals surface area contributed by atoms with E-state index < -0.39 is 0 Å². The number of nitrogens with one attached hydrogen (secondary N) is 1. The molecule has 0 aliphatic carbocycles. The van der Waals surface area contributed by atoms with Crippen molar-refractivity contribution in [1.82, 2.24) is 19.7 Å². The van der Waals surface area contributed by atoms with E-state index in [4.69, 9.17) is 4.74 Å². The summed E-state index contributed by atoms with van der Waals surface area (Å²) in [6, 6.07) is 19.5. The summed E-state index contributed by atoms with van der Waals surface area (Å²) in [6.45, 7) is 3.93. The van der Waals surface area contributed by atoms with Crippen molar-refractivity contribution in [2.75, 3.05) is 37.4 Å². The average Bonchev–Trinajstić information content (AvgIpc) is 3.17. The van der Waals surface area contributed by atoms with Gasteiger partial charge in [0.25, 0.3) is 0 Å². The van der Waals surface area contributed by atoms with Crippen LogP contribution in [0, 0.1) is 0 Å². The van der Waals surface area contributed by atoms with E-state index in [1.807, 2.05) is 65.2 Å². The number of carbonyl (C=O) groups is 1. The Morgan fingerprint density at radius 2 is 1.69 bits per heavy atom. The standard InChI is InChI=1S/C21H23N5O2S/c27-20(22-17-7-3-1-4-8-17)16-29-21-24-23-19(15-25-11-13-28-14-12-25)26(21)18-9-5-2-6-10-18/h1-10H,11-16H2,(H,22,27). The summed E-state index contributed by atoms with van der Waals surface area (Å²) < 4.78 is 7.48. The van der Waals surface area contributed by atoms with Crippen LogP contribution in [-0.2, 0) is 16.1 Å². The van der Waals surface area contributed by atoms with Crippen LogP contribution in [0.3, 0.4) is 0 Å². The number of hydrogen-bond donors (Lipinski definition) is 1. The quantitative estimate of drug-likeness (QED) is 0.605. The van der Waals surface area contributed by atoms with Gasteiger partial charge >= 0.3 is 0 Å². The normalized spacial score (nSPS) is 14.6. The molecule has 1 fully saturated rings. The molecule has 0 spiro atoms. The van der Waals surface area contributed by atoms with Crippen molar-refractivity contribution in [1.29, 1.82) is 0 Å². The van der Waals surface area contributed by atoms with E-state index in [1.54, 1.807) is 0 Å². The molecule has 1 N–H and O–H groups in total. The molecule has 4 rings (SSSR count). The van der Waals surface area contributed by atoms with Gasteiger partial charge in [0, 0.05) is 24.5 Å². The molecule has 1 aliphatic rings. The van der Waals surface area contributed by atoms with Crippen LogP contribution in [0.15, 0.2) is 65.8 Å². The molecule has 0 atom stereocenters. The molecule has 0 radical (unpaired) electrons. The molecule has 1 aromatic heterocycles. The zero-order valence-corrected chi connectivity index (χ0v) is 16.8. The Morgan fingerprint density at radius 3 is 2.41 bits per heavy atom. The van der Waals surface area contributed by atoms with Gasteiger partial charge < -0.3 is 10.1 Å². The third-order valence-corrected chi connectivity index (χ3v) is 5.50. The lowest BCUT2D eigenvalue weighted by Gasteiger charge is -2.26. The molecule has 150 valence electrons. The minimum atomic E-state index is -0.0708. The van der Waals surface area contributed by atoms with Gasteiger partial charge in [-0.1, -0.05) is 48.2 Å². The first-order valence-corrected chi connectivity index (χ1v) is 10.6. The van der Waals surface area contributed by atoms with Gasteiger partial charge in [-0.2, -0.15) is 0 Å². The summed E-state index contributed by atoms with van der Waals surface area (Å²) in [7, 11) is 0. The van der Waals surface area contributed by atoms with Gasteiger partial charge in [0.2, 0.25) is 5.91 Å². The highest BCUT2D eigenvalue weighted by Crippen LogP contribution is 2.23. The lowest BCUT2D eigenvalue weighted by Crippen LogP contribution is -2.36. The SMILES string of the molecule is O=C(CSc1nnc(CN2CCOCC2)n1-c1ccccc1)Nc1ccccc1. The molecular formula is C21H23N5O2S. The first-order valence-electron chi connectivity index (χ1n) is 9.57. The fourth-order valence-corrected chi connectivity index (χ4v) is 3.91. The van der Waals surface area contributed by atoms with Crippen LogP contribution >= 0.6 is 11.8 Å². The Labute approximate surface area is 174 Å². The monoisotopic (exact) mass is 409 g/mol. The van der Waals surface area contributed by atoms with Crippen molar-refractivity contribution in [2.24, 2.45) is 0 Å². The van der Waals surface area contributed by atoms with Crippen LogP contribution in [0.5, 0.6) is 0 Å².